The molecule has 3 N–H and O–H groups in total. The molecular formula is C13H13N3O2S2. The minimum atomic E-state index is -3.62. The first-order chi connectivity index (χ1) is 9.53. The summed E-state index contributed by atoms with van der Waals surface area (Å²) in [5.41, 5.74) is 6.80. The van der Waals surface area contributed by atoms with Crippen LogP contribution in [0.1, 0.15) is 16.5 Å². The minimum Gasteiger partial charge on any atom is -0.323 e. The molecule has 0 aliphatic carbocycles. The van der Waals surface area contributed by atoms with Gasteiger partial charge in [0.1, 0.15) is 15.2 Å². The number of nitriles is 1. The minimum absolute atomic E-state index is 0.103. The van der Waals surface area contributed by atoms with E-state index in [1.807, 2.05) is 36.4 Å². The molecule has 1 aromatic carbocycles. The normalized spacial score (nSPS) is 12.8. The van der Waals surface area contributed by atoms with Crippen molar-refractivity contribution in [3.05, 3.63) is 52.9 Å². The number of hydrogen-bond donors (Lipinski definition) is 2. The van der Waals surface area contributed by atoms with Gasteiger partial charge in [-0.2, -0.15) is 5.26 Å². The van der Waals surface area contributed by atoms with Crippen molar-refractivity contribution in [1.82, 2.24) is 4.72 Å². The van der Waals surface area contributed by atoms with Crippen LogP contribution in [0.3, 0.4) is 0 Å². The molecule has 0 amide bonds. The van der Waals surface area contributed by atoms with Crippen molar-refractivity contribution in [2.45, 2.75) is 10.3 Å². The van der Waals surface area contributed by atoms with Crippen LogP contribution >= 0.6 is 11.3 Å². The van der Waals surface area contributed by atoms with E-state index in [2.05, 4.69) is 4.72 Å². The van der Waals surface area contributed by atoms with Crippen molar-refractivity contribution in [2.24, 2.45) is 5.73 Å². The van der Waals surface area contributed by atoms with Gasteiger partial charge in [0, 0.05) is 12.6 Å². The highest BCUT2D eigenvalue weighted by Gasteiger charge is 2.18. The van der Waals surface area contributed by atoms with Gasteiger partial charge in [0.05, 0.1) is 0 Å². The summed E-state index contributed by atoms with van der Waals surface area (Å²) in [5.74, 6) is 0. The Labute approximate surface area is 121 Å². The molecule has 1 unspecified atom stereocenters. The summed E-state index contributed by atoms with van der Waals surface area (Å²) < 4.78 is 26.6. The molecule has 0 radical (unpaired) electrons. The largest absolute Gasteiger partial charge is 0.323 e. The summed E-state index contributed by atoms with van der Waals surface area (Å²) in [6, 6.07) is 13.7. The monoisotopic (exact) mass is 307 g/mol. The molecule has 0 bridgehead atoms. The van der Waals surface area contributed by atoms with Gasteiger partial charge in [-0.25, -0.2) is 13.1 Å². The van der Waals surface area contributed by atoms with Crippen molar-refractivity contribution < 1.29 is 8.42 Å². The van der Waals surface area contributed by atoms with Crippen LogP contribution in [-0.2, 0) is 10.0 Å². The predicted octanol–water partition coefficient (Wildman–Crippen LogP) is 1.60. The topological polar surface area (TPSA) is 96.0 Å². The fourth-order valence-electron chi connectivity index (χ4n) is 1.61. The Balaban J connectivity index is 2.05. The number of hydrogen-bond acceptors (Lipinski definition) is 5. The maximum atomic E-state index is 12.0. The number of nitrogens with two attached hydrogens (primary N) is 1. The molecule has 1 heterocycles. The number of nitrogens with one attached hydrogen (secondary N) is 1. The van der Waals surface area contributed by atoms with E-state index in [9.17, 15) is 8.42 Å². The molecular weight excluding hydrogens is 294 g/mol. The first-order valence-electron chi connectivity index (χ1n) is 5.83. The molecule has 1 atom stereocenters. The van der Waals surface area contributed by atoms with E-state index in [0.717, 1.165) is 16.9 Å². The lowest BCUT2D eigenvalue weighted by Gasteiger charge is -2.12. The molecule has 1 aromatic heterocycles. The lowest BCUT2D eigenvalue weighted by molar-refractivity contribution is 0.574. The van der Waals surface area contributed by atoms with E-state index >= 15 is 0 Å². The molecule has 2 rings (SSSR count). The maximum absolute atomic E-state index is 12.0. The second-order valence-corrected chi connectivity index (χ2v) is 7.18. The van der Waals surface area contributed by atoms with Crippen LogP contribution in [0.2, 0.25) is 0 Å². The zero-order valence-corrected chi connectivity index (χ0v) is 12.1. The van der Waals surface area contributed by atoms with E-state index in [1.165, 1.54) is 12.1 Å². The summed E-state index contributed by atoms with van der Waals surface area (Å²) in [6.45, 7) is 0.103. The van der Waals surface area contributed by atoms with Gasteiger partial charge >= 0.3 is 0 Å². The lowest BCUT2D eigenvalue weighted by atomic mass is 10.1. The molecule has 0 saturated carbocycles. The van der Waals surface area contributed by atoms with E-state index in [0.29, 0.717) is 4.88 Å². The molecule has 0 spiro atoms. The van der Waals surface area contributed by atoms with Crippen LogP contribution in [0, 0.1) is 11.3 Å². The summed E-state index contributed by atoms with van der Waals surface area (Å²) in [6.07, 6.45) is 0. The van der Waals surface area contributed by atoms with E-state index in [1.54, 1.807) is 0 Å². The third-order valence-electron chi connectivity index (χ3n) is 2.68. The van der Waals surface area contributed by atoms with E-state index < -0.39 is 16.1 Å². The Morgan fingerprint density at radius 2 is 1.95 bits per heavy atom. The highest BCUT2D eigenvalue weighted by atomic mass is 32.2. The number of nitrogens with zero attached hydrogens (tertiary/aromatic N) is 1. The average Bonchev–Trinajstić information content (AvgIpc) is 2.95. The average molecular weight is 307 g/mol. The molecule has 20 heavy (non-hydrogen) atoms. The standard InChI is InChI=1S/C13H13N3O2S2/c14-8-11-6-7-13(19-11)20(17,18)16-9-12(15)10-4-2-1-3-5-10/h1-7,12,16H,9,15H2. The van der Waals surface area contributed by atoms with E-state index in [-0.39, 0.29) is 10.8 Å². The third-order valence-corrected chi connectivity index (χ3v) is 5.58. The predicted molar refractivity (Wildman–Crippen MR) is 77.6 cm³/mol. The van der Waals surface area contributed by atoms with Crippen molar-refractivity contribution in [3.8, 4) is 6.07 Å². The number of benzene rings is 1. The Hall–Kier alpha value is -1.72. The summed E-state index contributed by atoms with van der Waals surface area (Å²) in [5, 5.41) is 8.71. The summed E-state index contributed by atoms with van der Waals surface area (Å²) in [4.78, 5) is 0.359. The van der Waals surface area contributed by atoms with Gasteiger partial charge in [0.15, 0.2) is 0 Å². The molecule has 0 fully saturated rings. The Morgan fingerprint density at radius 3 is 2.55 bits per heavy atom. The quantitative estimate of drug-likeness (QED) is 0.877. The second-order valence-electron chi connectivity index (χ2n) is 4.10. The molecule has 104 valence electrons. The van der Waals surface area contributed by atoms with Crippen LogP contribution in [-0.4, -0.2) is 15.0 Å². The molecule has 0 aliphatic rings. The zero-order valence-electron chi connectivity index (χ0n) is 10.5. The molecule has 5 nitrogen and oxygen atoms in total. The Bertz CT molecular complexity index is 718. The van der Waals surface area contributed by atoms with Gasteiger partial charge in [-0.3, -0.25) is 0 Å². The highest BCUT2D eigenvalue weighted by Crippen LogP contribution is 2.20. The second kappa shape index (κ2) is 6.15. The van der Waals surface area contributed by atoms with Crippen molar-refractivity contribution >= 4 is 21.4 Å². The molecule has 2 aromatic rings. The number of rotatable bonds is 5. The fraction of sp³-hybridized carbons (Fsp3) is 0.154. The third kappa shape index (κ3) is 3.43. The summed E-state index contributed by atoms with van der Waals surface area (Å²) >= 11 is 0.935. The van der Waals surface area contributed by atoms with Gasteiger partial charge < -0.3 is 5.73 Å². The van der Waals surface area contributed by atoms with Gasteiger partial charge in [0.25, 0.3) is 0 Å². The van der Waals surface area contributed by atoms with Gasteiger partial charge in [0.2, 0.25) is 10.0 Å². The zero-order chi connectivity index (χ0) is 14.6. The van der Waals surface area contributed by atoms with E-state index in [4.69, 9.17) is 11.0 Å². The SMILES string of the molecule is N#Cc1ccc(S(=O)(=O)NCC(N)c2ccccc2)s1. The first kappa shape index (κ1) is 14.7. The first-order valence-corrected chi connectivity index (χ1v) is 8.13. The summed E-state index contributed by atoms with van der Waals surface area (Å²) in [7, 11) is -3.62. The smallest absolute Gasteiger partial charge is 0.250 e. The lowest BCUT2D eigenvalue weighted by Crippen LogP contribution is -2.31. The van der Waals surface area contributed by atoms with Crippen molar-refractivity contribution in [2.75, 3.05) is 6.54 Å². The number of sulfonamides is 1. The number of thiophene rings is 1. The van der Waals surface area contributed by atoms with Crippen LogP contribution in [0.4, 0.5) is 0 Å². The van der Waals surface area contributed by atoms with Crippen LogP contribution in [0.5, 0.6) is 0 Å². The van der Waals surface area contributed by atoms with Gasteiger partial charge in [-0.05, 0) is 17.7 Å². The molecule has 0 saturated heterocycles. The van der Waals surface area contributed by atoms with Crippen LogP contribution in [0.25, 0.3) is 0 Å². The molecule has 0 aliphatic heterocycles. The Kier molecular flexibility index (Phi) is 4.52. The maximum Gasteiger partial charge on any atom is 0.250 e. The molecule has 7 heteroatoms. The fourth-order valence-corrected chi connectivity index (χ4v) is 3.82. The van der Waals surface area contributed by atoms with Gasteiger partial charge in [-0.1, -0.05) is 30.3 Å². The van der Waals surface area contributed by atoms with Crippen LogP contribution < -0.4 is 10.5 Å². The Morgan fingerprint density at radius 1 is 1.25 bits per heavy atom. The van der Waals surface area contributed by atoms with Gasteiger partial charge in [-0.15, -0.1) is 11.3 Å². The van der Waals surface area contributed by atoms with Crippen LogP contribution in [0.15, 0.2) is 46.7 Å². The highest BCUT2D eigenvalue weighted by molar-refractivity contribution is 7.91. The van der Waals surface area contributed by atoms with Crippen molar-refractivity contribution in [1.29, 1.82) is 5.26 Å². The van der Waals surface area contributed by atoms with Crippen molar-refractivity contribution in [3.63, 3.8) is 0 Å².